The Labute approximate surface area is 99.7 Å². The van der Waals surface area contributed by atoms with Gasteiger partial charge in [-0.2, -0.15) is 0 Å². The van der Waals surface area contributed by atoms with Crippen LogP contribution in [0.1, 0.15) is 25.3 Å². The van der Waals surface area contributed by atoms with Crippen LogP contribution in [0.4, 0.5) is 5.69 Å². The van der Waals surface area contributed by atoms with Gasteiger partial charge in [-0.25, -0.2) is 0 Å². The number of nitrogens with two attached hydrogens (primary N) is 1. The molecule has 0 amide bonds. The molecule has 2 N–H and O–H groups in total. The maximum absolute atomic E-state index is 10.8. The summed E-state index contributed by atoms with van der Waals surface area (Å²) in [7, 11) is 1.56. The molecule has 0 bridgehead atoms. The van der Waals surface area contributed by atoms with Crippen molar-refractivity contribution in [3.8, 4) is 5.75 Å². The molecule has 1 aliphatic rings. The normalized spacial score (nSPS) is 25.4. The summed E-state index contributed by atoms with van der Waals surface area (Å²) in [6.45, 7) is 4.11. The lowest BCUT2D eigenvalue weighted by atomic mass is 10.0. The molecule has 0 saturated heterocycles. The monoisotopic (exact) mass is 236 g/mol. The van der Waals surface area contributed by atoms with E-state index in [1.165, 1.54) is 6.07 Å². The molecular weight excluding hydrogens is 220 g/mol. The summed E-state index contributed by atoms with van der Waals surface area (Å²) in [5.74, 6) is 0.791. The highest BCUT2D eigenvalue weighted by Crippen LogP contribution is 2.59. The molecule has 5 heteroatoms. The molecule has 1 fully saturated rings. The molecule has 2 unspecified atom stereocenters. The second kappa shape index (κ2) is 3.70. The number of benzene rings is 1. The van der Waals surface area contributed by atoms with Gasteiger partial charge in [-0.15, -0.1) is 0 Å². The Balaban J connectivity index is 2.45. The van der Waals surface area contributed by atoms with Crippen LogP contribution in [0.25, 0.3) is 0 Å². The number of rotatable bonds is 3. The van der Waals surface area contributed by atoms with E-state index in [4.69, 9.17) is 10.5 Å². The van der Waals surface area contributed by atoms with Gasteiger partial charge in [0.25, 0.3) is 5.69 Å². The summed E-state index contributed by atoms with van der Waals surface area (Å²) in [6, 6.07) is 4.68. The Hall–Kier alpha value is -1.62. The molecule has 0 aliphatic heterocycles. The van der Waals surface area contributed by atoms with Crippen LogP contribution in [0.2, 0.25) is 0 Å². The van der Waals surface area contributed by atoms with Gasteiger partial charge < -0.3 is 10.5 Å². The van der Waals surface area contributed by atoms with Crippen LogP contribution in [0, 0.1) is 15.5 Å². The van der Waals surface area contributed by atoms with Crippen molar-refractivity contribution in [2.75, 3.05) is 7.11 Å². The van der Waals surface area contributed by atoms with E-state index in [1.807, 2.05) is 0 Å². The second-order valence-corrected chi connectivity index (χ2v) is 5.01. The van der Waals surface area contributed by atoms with Crippen molar-refractivity contribution < 1.29 is 9.66 Å². The van der Waals surface area contributed by atoms with Crippen molar-refractivity contribution in [3.05, 3.63) is 33.9 Å². The van der Waals surface area contributed by atoms with E-state index in [1.54, 1.807) is 19.2 Å². The maximum atomic E-state index is 10.8. The molecule has 92 valence electrons. The fourth-order valence-electron chi connectivity index (χ4n) is 2.35. The summed E-state index contributed by atoms with van der Waals surface area (Å²) < 4.78 is 5.24. The Morgan fingerprint density at radius 2 is 2.06 bits per heavy atom. The molecule has 17 heavy (non-hydrogen) atoms. The van der Waals surface area contributed by atoms with Crippen molar-refractivity contribution >= 4 is 5.69 Å². The van der Waals surface area contributed by atoms with Gasteiger partial charge in [-0.3, -0.25) is 10.1 Å². The first-order valence-electron chi connectivity index (χ1n) is 5.47. The number of hydrogen-bond acceptors (Lipinski definition) is 4. The zero-order chi connectivity index (χ0) is 12.8. The molecule has 1 aliphatic carbocycles. The first-order valence-corrected chi connectivity index (χ1v) is 5.47. The van der Waals surface area contributed by atoms with Crippen LogP contribution < -0.4 is 10.5 Å². The molecule has 1 aromatic carbocycles. The van der Waals surface area contributed by atoms with Crippen LogP contribution in [-0.4, -0.2) is 18.1 Å². The van der Waals surface area contributed by atoms with Crippen molar-refractivity contribution in [1.82, 2.24) is 0 Å². The van der Waals surface area contributed by atoms with E-state index in [0.29, 0.717) is 5.75 Å². The Kier molecular flexibility index (Phi) is 2.58. The Morgan fingerprint density at radius 3 is 2.47 bits per heavy atom. The summed E-state index contributed by atoms with van der Waals surface area (Å²) >= 11 is 0. The average Bonchev–Trinajstić information content (AvgIpc) is 2.77. The third-order valence-electron chi connectivity index (χ3n) is 3.67. The van der Waals surface area contributed by atoms with Gasteiger partial charge in [0.1, 0.15) is 5.75 Å². The topological polar surface area (TPSA) is 78.4 Å². The lowest BCUT2D eigenvalue weighted by Crippen LogP contribution is -2.06. The lowest BCUT2D eigenvalue weighted by Gasteiger charge is -2.09. The number of non-ortho nitro benzene ring substituents is 1. The minimum absolute atomic E-state index is 0.0253. The van der Waals surface area contributed by atoms with Gasteiger partial charge in [0, 0.05) is 29.7 Å². The minimum Gasteiger partial charge on any atom is -0.496 e. The SMILES string of the molecule is COc1ccc([N+](=O)[O-])cc1C1C(N)C1(C)C. The summed E-state index contributed by atoms with van der Waals surface area (Å²) in [6.07, 6.45) is 0. The highest BCUT2D eigenvalue weighted by molar-refractivity contribution is 5.50. The van der Waals surface area contributed by atoms with E-state index in [0.717, 1.165) is 5.56 Å². The molecule has 2 atom stereocenters. The highest BCUT2D eigenvalue weighted by Gasteiger charge is 2.57. The molecule has 1 saturated carbocycles. The lowest BCUT2D eigenvalue weighted by molar-refractivity contribution is -0.384. The number of methoxy groups -OCH3 is 1. The van der Waals surface area contributed by atoms with E-state index in [2.05, 4.69) is 13.8 Å². The molecule has 1 aromatic rings. The first kappa shape index (κ1) is 11.9. The van der Waals surface area contributed by atoms with Crippen LogP contribution in [0.15, 0.2) is 18.2 Å². The quantitative estimate of drug-likeness (QED) is 0.643. The van der Waals surface area contributed by atoms with Gasteiger partial charge in [0.15, 0.2) is 0 Å². The number of hydrogen-bond donors (Lipinski definition) is 1. The fraction of sp³-hybridized carbons (Fsp3) is 0.500. The zero-order valence-electron chi connectivity index (χ0n) is 10.1. The van der Waals surface area contributed by atoms with Gasteiger partial charge in [-0.1, -0.05) is 13.8 Å². The zero-order valence-corrected chi connectivity index (χ0v) is 10.1. The summed E-state index contributed by atoms with van der Waals surface area (Å²) in [5.41, 5.74) is 6.89. The summed E-state index contributed by atoms with van der Waals surface area (Å²) in [5, 5.41) is 10.8. The van der Waals surface area contributed by atoms with Crippen molar-refractivity contribution in [2.24, 2.45) is 11.1 Å². The fourth-order valence-corrected chi connectivity index (χ4v) is 2.35. The van der Waals surface area contributed by atoms with Gasteiger partial charge in [-0.05, 0) is 11.5 Å². The Morgan fingerprint density at radius 1 is 1.47 bits per heavy atom. The summed E-state index contributed by atoms with van der Waals surface area (Å²) in [4.78, 5) is 10.4. The largest absolute Gasteiger partial charge is 0.496 e. The predicted octanol–water partition coefficient (Wildman–Crippen LogP) is 2.05. The van der Waals surface area contributed by atoms with Gasteiger partial charge in [0.2, 0.25) is 0 Å². The minimum atomic E-state index is -0.399. The number of nitro groups is 1. The van der Waals surface area contributed by atoms with E-state index in [-0.39, 0.29) is 23.1 Å². The van der Waals surface area contributed by atoms with Crippen LogP contribution in [0.3, 0.4) is 0 Å². The van der Waals surface area contributed by atoms with E-state index >= 15 is 0 Å². The van der Waals surface area contributed by atoms with Crippen LogP contribution in [0.5, 0.6) is 5.75 Å². The number of nitrogens with zero attached hydrogens (tertiary/aromatic N) is 1. The molecule has 0 aromatic heterocycles. The van der Waals surface area contributed by atoms with Gasteiger partial charge >= 0.3 is 0 Å². The Bertz CT molecular complexity index is 471. The van der Waals surface area contributed by atoms with Crippen molar-refractivity contribution in [2.45, 2.75) is 25.8 Å². The van der Waals surface area contributed by atoms with Crippen molar-refractivity contribution in [3.63, 3.8) is 0 Å². The van der Waals surface area contributed by atoms with Gasteiger partial charge in [0.05, 0.1) is 12.0 Å². The second-order valence-electron chi connectivity index (χ2n) is 5.01. The van der Waals surface area contributed by atoms with E-state index < -0.39 is 4.92 Å². The molecule has 0 heterocycles. The average molecular weight is 236 g/mol. The smallest absolute Gasteiger partial charge is 0.269 e. The standard InChI is InChI=1S/C12H16N2O3/c1-12(2)10(11(12)13)8-6-7(14(15)16)4-5-9(8)17-3/h4-6,10-11H,13H2,1-3H3. The number of nitro benzene ring substituents is 1. The van der Waals surface area contributed by atoms with Crippen LogP contribution >= 0.6 is 0 Å². The molecule has 2 rings (SSSR count). The third-order valence-corrected chi connectivity index (χ3v) is 3.67. The van der Waals surface area contributed by atoms with Crippen LogP contribution in [-0.2, 0) is 0 Å². The van der Waals surface area contributed by atoms with E-state index in [9.17, 15) is 10.1 Å². The number of ether oxygens (including phenoxy) is 1. The molecule has 0 radical (unpaired) electrons. The maximum Gasteiger partial charge on any atom is 0.269 e. The molecular formula is C12H16N2O3. The predicted molar refractivity (Wildman–Crippen MR) is 64.1 cm³/mol. The highest BCUT2D eigenvalue weighted by atomic mass is 16.6. The third kappa shape index (κ3) is 1.76. The first-order chi connectivity index (χ1) is 7.89. The molecule has 5 nitrogen and oxygen atoms in total. The molecule has 0 spiro atoms. The van der Waals surface area contributed by atoms with Crippen molar-refractivity contribution in [1.29, 1.82) is 0 Å².